The lowest BCUT2D eigenvalue weighted by Crippen LogP contribution is -2.71. The molecule has 0 aromatic rings. The molecule has 0 spiro atoms. The second-order valence-electron chi connectivity index (χ2n) is 5.55. The second kappa shape index (κ2) is 4.07. The smallest absolute Gasteiger partial charge is 0.246 e. The van der Waals surface area contributed by atoms with Crippen LogP contribution in [0.25, 0.3) is 0 Å². The van der Waals surface area contributed by atoms with E-state index in [1.54, 1.807) is 0 Å². The van der Waals surface area contributed by atoms with Crippen LogP contribution in [0.5, 0.6) is 0 Å². The lowest BCUT2D eigenvalue weighted by atomic mass is 9.80. The van der Waals surface area contributed by atoms with E-state index in [4.69, 9.17) is 0 Å². The van der Waals surface area contributed by atoms with Crippen molar-refractivity contribution in [1.29, 1.82) is 0 Å². The molecule has 1 fully saturated rings. The fourth-order valence-corrected chi connectivity index (χ4v) is 2.06. The predicted octanol–water partition coefficient (Wildman–Crippen LogP) is 1.21. The van der Waals surface area contributed by atoms with Crippen molar-refractivity contribution in [2.75, 3.05) is 0 Å². The first-order valence-electron chi connectivity index (χ1n) is 5.90. The summed E-state index contributed by atoms with van der Waals surface area (Å²) in [6, 6.07) is -0.439. The molecule has 1 aliphatic rings. The Morgan fingerprint density at radius 3 is 2.06 bits per heavy atom. The van der Waals surface area contributed by atoms with E-state index >= 15 is 0 Å². The number of amides is 2. The summed E-state index contributed by atoms with van der Waals surface area (Å²) in [6.07, 6.45) is 1.25. The Hall–Kier alpha value is -1.06. The van der Waals surface area contributed by atoms with Crippen LogP contribution in [0.2, 0.25) is 0 Å². The van der Waals surface area contributed by atoms with E-state index in [0.29, 0.717) is 12.8 Å². The van der Waals surface area contributed by atoms with Crippen molar-refractivity contribution in [3.8, 4) is 0 Å². The number of piperazine rings is 1. The van der Waals surface area contributed by atoms with Crippen LogP contribution < -0.4 is 10.6 Å². The molecule has 0 aromatic carbocycles. The van der Waals surface area contributed by atoms with Gasteiger partial charge in [-0.15, -0.1) is 0 Å². The fourth-order valence-electron chi connectivity index (χ4n) is 2.06. The van der Waals surface area contributed by atoms with Gasteiger partial charge in [-0.2, -0.15) is 0 Å². The van der Waals surface area contributed by atoms with Crippen LogP contribution in [0.4, 0.5) is 0 Å². The zero-order valence-corrected chi connectivity index (χ0v) is 10.8. The normalized spacial score (nSPS) is 24.9. The number of rotatable bonds is 2. The summed E-state index contributed by atoms with van der Waals surface area (Å²) in [4.78, 5) is 24.0. The Morgan fingerprint density at radius 1 is 1.19 bits per heavy atom. The summed E-state index contributed by atoms with van der Waals surface area (Å²) < 4.78 is 0. The van der Waals surface area contributed by atoms with Crippen molar-refractivity contribution >= 4 is 11.8 Å². The van der Waals surface area contributed by atoms with Crippen LogP contribution in [0, 0.1) is 5.41 Å². The Kier molecular flexibility index (Phi) is 3.31. The van der Waals surface area contributed by atoms with Crippen molar-refractivity contribution < 1.29 is 9.59 Å². The molecule has 1 unspecified atom stereocenters. The van der Waals surface area contributed by atoms with Gasteiger partial charge in [0.25, 0.3) is 0 Å². The molecule has 1 saturated heterocycles. The van der Waals surface area contributed by atoms with Crippen molar-refractivity contribution in [2.24, 2.45) is 5.41 Å². The summed E-state index contributed by atoms with van der Waals surface area (Å²) >= 11 is 0. The largest absolute Gasteiger partial charge is 0.342 e. The highest BCUT2D eigenvalue weighted by Crippen LogP contribution is 2.26. The van der Waals surface area contributed by atoms with Crippen molar-refractivity contribution in [2.45, 2.75) is 59.0 Å². The van der Waals surface area contributed by atoms with E-state index < -0.39 is 11.6 Å². The molecule has 1 heterocycles. The van der Waals surface area contributed by atoms with Crippen molar-refractivity contribution in [3.05, 3.63) is 0 Å². The number of hydrogen-bond donors (Lipinski definition) is 2. The second-order valence-corrected chi connectivity index (χ2v) is 5.55. The van der Waals surface area contributed by atoms with Gasteiger partial charge >= 0.3 is 0 Å². The van der Waals surface area contributed by atoms with Crippen LogP contribution in [-0.2, 0) is 9.59 Å². The number of carbonyl (C=O) groups excluding carboxylic acids is 2. The van der Waals surface area contributed by atoms with Gasteiger partial charge in [0.2, 0.25) is 11.8 Å². The van der Waals surface area contributed by atoms with Gasteiger partial charge in [-0.1, -0.05) is 34.6 Å². The molecule has 92 valence electrons. The fraction of sp³-hybridized carbons (Fsp3) is 0.833. The van der Waals surface area contributed by atoms with Gasteiger partial charge in [0.1, 0.15) is 11.6 Å². The molecule has 2 amide bonds. The van der Waals surface area contributed by atoms with Gasteiger partial charge in [0, 0.05) is 0 Å². The molecule has 2 N–H and O–H groups in total. The standard InChI is InChI=1S/C12H22N2O2/c1-6-12(7-2)10(16)13-8(9(15)14-12)11(3,4)5/h8H,6-7H2,1-5H3,(H,13,16)(H,14,15). The highest BCUT2D eigenvalue weighted by Gasteiger charge is 2.47. The maximum atomic E-state index is 12.1. The topological polar surface area (TPSA) is 58.2 Å². The van der Waals surface area contributed by atoms with Crippen LogP contribution >= 0.6 is 0 Å². The summed E-state index contributed by atoms with van der Waals surface area (Å²) in [7, 11) is 0. The van der Waals surface area contributed by atoms with E-state index in [2.05, 4.69) is 10.6 Å². The Balaban J connectivity index is 2.95. The molecule has 0 bridgehead atoms. The van der Waals surface area contributed by atoms with E-state index in [1.165, 1.54) is 0 Å². The third-order valence-electron chi connectivity index (χ3n) is 3.41. The van der Waals surface area contributed by atoms with Gasteiger partial charge in [-0.3, -0.25) is 9.59 Å². The minimum Gasteiger partial charge on any atom is -0.342 e. The van der Waals surface area contributed by atoms with Crippen molar-refractivity contribution in [1.82, 2.24) is 10.6 Å². The number of nitrogens with one attached hydrogen (secondary N) is 2. The first kappa shape index (κ1) is 13.0. The van der Waals surface area contributed by atoms with Crippen LogP contribution in [0.15, 0.2) is 0 Å². The van der Waals surface area contributed by atoms with E-state index in [1.807, 2.05) is 34.6 Å². The molecule has 1 rings (SSSR count). The van der Waals surface area contributed by atoms with Gasteiger partial charge in [-0.25, -0.2) is 0 Å². The summed E-state index contributed by atoms with van der Waals surface area (Å²) in [5.74, 6) is -0.132. The first-order chi connectivity index (χ1) is 7.27. The predicted molar refractivity (Wildman–Crippen MR) is 62.8 cm³/mol. The van der Waals surface area contributed by atoms with Gasteiger partial charge in [0.15, 0.2) is 0 Å². The quantitative estimate of drug-likeness (QED) is 0.743. The first-order valence-corrected chi connectivity index (χ1v) is 5.90. The summed E-state index contributed by atoms with van der Waals surface area (Å²) in [5.41, 5.74) is -0.966. The molecule has 0 aliphatic carbocycles. The van der Waals surface area contributed by atoms with Crippen molar-refractivity contribution in [3.63, 3.8) is 0 Å². The van der Waals surface area contributed by atoms with Gasteiger partial charge < -0.3 is 10.6 Å². The Morgan fingerprint density at radius 2 is 1.69 bits per heavy atom. The molecule has 1 atom stereocenters. The average molecular weight is 226 g/mol. The third kappa shape index (κ3) is 2.06. The molecule has 4 heteroatoms. The zero-order chi connectivity index (χ0) is 12.6. The summed E-state index contributed by atoms with van der Waals surface area (Å²) in [6.45, 7) is 9.68. The minimum absolute atomic E-state index is 0.0583. The van der Waals surface area contributed by atoms with Crippen LogP contribution in [-0.4, -0.2) is 23.4 Å². The minimum atomic E-state index is -0.709. The Bertz CT molecular complexity index is 301. The molecule has 1 aliphatic heterocycles. The lowest BCUT2D eigenvalue weighted by molar-refractivity contribution is -0.144. The van der Waals surface area contributed by atoms with E-state index in [-0.39, 0.29) is 17.2 Å². The Labute approximate surface area is 97.2 Å². The molecule has 0 radical (unpaired) electrons. The molecule has 0 saturated carbocycles. The highest BCUT2D eigenvalue weighted by atomic mass is 16.2. The SMILES string of the molecule is CCC1(CC)NC(=O)C(C(C)(C)C)NC1=O. The maximum Gasteiger partial charge on any atom is 0.246 e. The zero-order valence-electron chi connectivity index (χ0n) is 10.8. The lowest BCUT2D eigenvalue weighted by Gasteiger charge is -2.42. The van der Waals surface area contributed by atoms with E-state index in [9.17, 15) is 9.59 Å². The molecule has 16 heavy (non-hydrogen) atoms. The molecule has 0 aromatic heterocycles. The number of carbonyl (C=O) groups is 2. The maximum absolute atomic E-state index is 12.1. The van der Waals surface area contributed by atoms with Gasteiger partial charge in [0.05, 0.1) is 0 Å². The van der Waals surface area contributed by atoms with E-state index in [0.717, 1.165) is 0 Å². The van der Waals surface area contributed by atoms with Crippen LogP contribution in [0.3, 0.4) is 0 Å². The highest BCUT2D eigenvalue weighted by molar-refractivity contribution is 6.00. The average Bonchev–Trinajstić information content (AvgIpc) is 2.19. The van der Waals surface area contributed by atoms with Crippen LogP contribution in [0.1, 0.15) is 47.5 Å². The molecular formula is C12H22N2O2. The number of hydrogen-bond acceptors (Lipinski definition) is 2. The third-order valence-corrected chi connectivity index (χ3v) is 3.41. The summed E-state index contributed by atoms with van der Waals surface area (Å²) in [5, 5.41) is 5.73. The monoisotopic (exact) mass is 226 g/mol. The van der Waals surface area contributed by atoms with Gasteiger partial charge in [-0.05, 0) is 18.3 Å². The molecular weight excluding hydrogens is 204 g/mol. The molecule has 4 nitrogen and oxygen atoms in total.